The molecule has 2 aromatic rings. The Bertz CT molecular complexity index is 1450. The Morgan fingerprint density at radius 3 is 1.98 bits per heavy atom. The van der Waals surface area contributed by atoms with Crippen molar-refractivity contribution >= 4 is 39.7 Å². The van der Waals surface area contributed by atoms with Gasteiger partial charge in [-0.15, -0.1) is 0 Å². The molecule has 0 fully saturated rings. The maximum atomic E-state index is 13.9. The first kappa shape index (κ1) is 39.0. The molecule has 5 amide bonds. The van der Waals surface area contributed by atoms with E-state index in [0.717, 1.165) is 10.5 Å². The van der Waals surface area contributed by atoms with Crippen molar-refractivity contribution in [1.82, 2.24) is 21.0 Å². The molecule has 0 saturated carbocycles. The summed E-state index contributed by atoms with van der Waals surface area (Å²) in [5.74, 6) is -6.49. The third-order valence-electron chi connectivity index (χ3n) is 7.54. The molecule has 1 aliphatic rings. The molecule has 0 aliphatic carbocycles. The Balaban J connectivity index is 0.00000736. The second kappa shape index (κ2) is 18.3. The van der Waals surface area contributed by atoms with E-state index in [1.807, 2.05) is 13.8 Å². The van der Waals surface area contributed by atoms with Gasteiger partial charge in [0.2, 0.25) is 17.7 Å². The van der Waals surface area contributed by atoms with Gasteiger partial charge in [0.25, 0.3) is 11.8 Å². The third kappa shape index (κ3) is 11.3. The van der Waals surface area contributed by atoms with E-state index in [4.69, 9.17) is 0 Å². The van der Waals surface area contributed by atoms with E-state index in [0.29, 0.717) is 12.8 Å². The van der Waals surface area contributed by atoms with E-state index in [2.05, 4.69) is 10.6 Å². The van der Waals surface area contributed by atoms with Crippen LogP contribution in [0.5, 0.6) is 0 Å². The minimum atomic E-state index is -4.32. The molecule has 4 N–H and O–H groups in total. The fourth-order valence-corrected chi connectivity index (χ4v) is 5.85. The summed E-state index contributed by atoms with van der Waals surface area (Å²) in [4.78, 5) is 67.2. The van der Waals surface area contributed by atoms with Gasteiger partial charge in [0, 0.05) is 25.3 Å². The van der Waals surface area contributed by atoms with Gasteiger partial charge in [-0.25, -0.2) is 13.9 Å². The summed E-state index contributed by atoms with van der Waals surface area (Å²) in [6.45, 7) is 3.34. The smallest absolute Gasteiger partial charge is 0.748 e. The van der Waals surface area contributed by atoms with Crippen LogP contribution in [-0.4, -0.2) is 77.5 Å². The van der Waals surface area contributed by atoms with Gasteiger partial charge in [0.1, 0.15) is 6.04 Å². The van der Waals surface area contributed by atoms with E-state index in [1.54, 1.807) is 47.9 Å². The number of fused-ring (bicyclic) bond motifs is 1. The van der Waals surface area contributed by atoms with Gasteiger partial charge in [-0.05, 0) is 42.9 Å². The molecule has 1 aliphatic heterocycles. The van der Waals surface area contributed by atoms with Gasteiger partial charge >= 0.3 is 29.6 Å². The first-order chi connectivity index (χ1) is 21.3. The predicted molar refractivity (Wildman–Crippen MR) is 162 cm³/mol. The number of nitrogens with one attached hydrogen (secondary N) is 3. The van der Waals surface area contributed by atoms with Crippen LogP contribution in [0.3, 0.4) is 0 Å². The van der Waals surface area contributed by atoms with Crippen LogP contribution in [0.4, 0.5) is 0 Å². The molecule has 1 unspecified atom stereocenters. The number of imide groups is 1. The van der Waals surface area contributed by atoms with Crippen LogP contribution in [0, 0.1) is 17.8 Å². The zero-order valence-corrected chi connectivity index (χ0v) is 29.0. The molecule has 0 bridgehead atoms. The van der Waals surface area contributed by atoms with Crippen molar-refractivity contribution < 1.29 is 71.7 Å². The number of nitrogens with zero attached hydrogens (tertiary/aromatic N) is 1. The van der Waals surface area contributed by atoms with Crippen LogP contribution in [0.2, 0.25) is 0 Å². The second-order valence-electron chi connectivity index (χ2n) is 11.4. The van der Waals surface area contributed by atoms with E-state index in [-0.39, 0.29) is 72.4 Å². The minimum absolute atomic E-state index is 0. The molecule has 0 saturated heterocycles. The molecule has 0 radical (unpaired) electrons. The molecule has 0 spiro atoms. The second-order valence-corrected chi connectivity index (χ2v) is 13.0. The van der Waals surface area contributed by atoms with E-state index < -0.39 is 69.8 Å². The normalized spacial score (nSPS) is 14.6. The summed E-state index contributed by atoms with van der Waals surface area (Å²) in [5.41, 5.74) is 2.65. The Morgan fingerprint density at radius 1 is 0.848 bits per heavy atom. The number of carbonyl (C=O) groups excluding carboxylic acids is 5. The zero-order valence-electron chi connectivity index (χ0n) is 26.2. The summed E-state index contributed by atoms with van der Waals surface area (Å²) in [7, 11) is -4.32. The van der Waals surface area contributed by atoms with E-state index in [9.17, 15) is 42.2 Å². The topological polar surface area (TPSA) is 202 Å². The fourth-order valence-electron chi connectivity index (χ4n) is 5.29. The number of unbranched alkanes of at least 4 members (excludes halogenated alkanes) is 2. The number of hydroxylamine groups is 1. The summed E-state index contributed by atoms with van der Waals surface area (Å²) >= 11 is 0. The minimum Gasteiger partial charge on any atom is -0.748 e. The first-order valence-electron chi connectivity index (χ1n) is 14.8. The largest absolute Gasteiger partial charge is 1.00 e. The molecular formula is C31H39N4NaO9S. The zero-order chi connectivity index (χ0) is 33.1. The maximum absolute atomic E-state index is 13.9. The predicted octanol–water partition coefficient (Wildman–Crippen LogP) is -1.37. The van der Waals surface area contributed by atoms with Crippen molar-refractivity contribution in [2.75, 3.05) is 18.8 Å². The quantitative estimate of drug-likeness (QED) is 0.0393. The van der Waals surface area contributed by atoms with Crippen LogP contribution in [0.15, 0.2) is 54.6 Å². The van der Waals surface area contributed by atoms with Gasteiger partial charge in [-0.3, -0.25) is 34.1 Å². The number of hydrogen-bond acceptors (Lipinski definition) is 9. The molecule has 2 aromatic carbocycles. The monoisotopic (exact) mass is 666 g/mol. The molecular weight excluding hydrogens is 627 g/mol. The van der Waals surface area contributed by atoms with Crippen molar-refractivity contribution in [3.8, 4) is 0 Å². The van der Waals surface area contributed by atoms with Gasteiger partial charge < -0.3 is 15.2 Å². The van der Waals surface area contributed by atoms with Crippen LogP contribution in [-0.2, 0) is 30.9 Å². The first-order valence-corrected chi connectivity index (χ1v) is 16.3. The molecule has 15 heteroatoms. The SMILES string of the molecule is CC(C)C[C@@H](C(=O)N[C@@H](Cc1ccccc1)C(=O)NCCCCCS(=O)(=O)[O-])C(CN1C(=O)c2ccccc2C1=O)C(=O)NO.[Na+]. The Hall–Kier alpha value is -3.14. The number of carbonyl (C=O) groups is 5. The van der Waals surface area contributed by atoms with E-state index >= 15 is 0 Å². The molecule has 3 atom stereocenters. The number of rotatable bonds is 17. The van der Waals surface area contributed by atoms with E-state index in [1.165, 1.54) is 12.1 Å². The number of benzene rings is 2. The fraction of sp³-hybridized carbons (Fsp3) is 0.452. The molecule has 13 nitrogen and oxygen atoms in total. The standard InChI is InChI=1S/C31H40N4O9S.Na/c1-20(2)17-24(25(28(37)34-41)19-35-30(39)22-13-7-8-14-23(22)31(35)40)27(36)33-26(18-21-11-5-3-6-12-21)29(38)32-15-9-4-10-16-45(42,43)44;/h3,5-8,11-14,20,24-26,41H,4,9-10,15-19H2,1-2H3,(H,32,38)(H,33,36)(H,34,37)(H,42,43,44);/q;+1/p-1/t24-,25?,26+;/m1./s1. The average molecular weight is 667 g/mol. The van der Waals surface area contributed by atoms with Gasteiger partial charge in [0.15, 0.2) is 0 Å². The van der Waals surface area contributed by atoms with Crippen molar-refractivity contribution in [3.05, 3.63) is 71.3 Å². The molecule has 3 rings (SSSR count). The molecule has 244 valence electrons. The van der Waals surface area contributed by atoms with Crippen molar-refractivity contribution in [3.63, 3.8) is 0 Å². The van der Waals surface area contributed by atoms with Crippen molar-refractivity contribution in [2.45, 2.75) is 52.0 Å². The summed E-state index contributed by atoms with van der Waals surface area (Å²) in [6, 6.07) is 14.1. The number of hydrogen-bond donors (Lipinski definition) is 4. The van der Waals surface area contributed by atoms with Gasteiger partial charge in [0.05, 0.1) is 33.1 Å². The van der Waals surface area contributed by atoms with Crippen LogP contribution >= 0.6 is 0 Å². The van der Waals surface area contributed by atoms with Gasteiger partial charge in [-0.2, -0.15) is 0 Å². The van der Waals surface area contributed by atoms with Crippen LogP contribution in [0.1, 0.15) is 65.8 Å². The van der Waals surface area contributed by atoms with Gasteiger partial charge in [-0.1, -0.05) is 62.7 Å². The average Bonchev–Trinajstić information content (AvgIpc) is 3.24. The molecule has 1 heterocycles. The maximum Gasteiger partial charge on any atom is 1.00 e. The van der Waals surface area contributed by atoms with Crippen LogP contribution < -0.4 is 45.7 Å². The Kier molecular flexibility index (Phi) is 15.5. The molecule has 0 aromatic heterocycles. The Morgan fingerprint density at radius 2 is 1.43 bits per heavy atom. The van der Waals surface area contributed by atoms with Crippen molar-refractivity contribution in [2.24, 2.45) is 17.8 Å². The van der Waals surface area contributed by atoms with Crippen LogP contribution in [0.25, 0.3) is 0 Å². The summed E-state index contributed by atoms with van der Waals surface area (Å²) in [6.07, 6.45) is 1.20. The summed E-state index contributed by atoms with van der Waals surface area (Å²) < 4.78 is 32.4. The Labute approximate surface area is 290 Å². The third-order valence-corrected chi connectivity index (χ3v) is 8.33. The number of amides is 5. The summed E-state index contributed by atoms with van der Waals surface area (Å²) in [5, 5.41) is 15.1. The van der Waals surface area contributed by atoms with Crippen molar-refractivity contribution in [1.29, 1.82) is 0 Å². The molecule has 46 heavy (non-hydrogen) atoms.